The fourth-order valence-corrected chi connectivity index (χ4v) is 4.24. The molecular formula is C15H16BrN3O3S. The second-order valence-electron chi connectivity index (χ2n) is 5.23. The van der Waals surface area contributed by atoms with Crippen molar-refractivity contribution >= 4 is 26.0 Å². The summed E-state index contributed by atoms with van der Waals surface area (Å²) in [4.78, 5) is 8.33. The smallest absolute Gasteiger partial charge is 0.316 e. The molecular weight excluding hydrogens is 382 g/mol. The van der Waals surface area contributed by atoms with E-state index in [4.69, 9.17) is 4.74 Å². The minimum atomic E-state index is -3.51. The van der Waals surface area contributed by atoms with Crippen LogP contribution in [0.4, 0.5) is 0 Å². The molecule has 0 bridgehead atoms. The van der Waals surface area contributed by atoms with Gasteiger partial charge in [0.2, 0.25) is 10.0 Å². The average Bonchev–Trinajstić information content (AvgIpc) is 2.56. The number of nitrogens with zero attached hydrogens (tertiary/aromatic N) is 3. The standard InChI is InChI=1S/C15H16BrN3O3S/c16-12-4-6-14(7-5-12)23(20,21)19-10-1-3-13(11-19)22-15-17-8-2-9-18-15/h2,4-9,13H,1,3,10-11H2. The van der Waals surface area contributed by atoms with Crippen LogP contribution in [0.25, 0.3) is 0 Å². The highest BCUT2D eigenvalue weighted by Crippen LogP contribution is 2.23. The van der Waals surface area contributed by atoms with Gasteiger partial charge in [0, 0.05) is 23.4 Å². The lowest BCUT2D eigenvalue weighted by Crippen LogP contribution is -2.44. The number of sulfonamides is 1. The van der Waals surface area contributed by atoms with Gasteiger partial charge in [-0.3, -0.25) is 0 Å². The monoisotopic (exact) mass is 397 g/mol. The van der Waals surface area contributed by atoms with Crippen LogP contribution in [0.2, 0.25) is 0 Å². The Morgan fingerprint density at radius 3 is 2.57 bits per heavy atom. The number of benzene rings is 1. The Hall–Kier alpha value is -1.51. The quantitative estimate of drug-likeness (QED) is 0.791. The summed E-state index contributed by atoms with van der Waals surface area (Å²) in [5.74, 6) is 0. The molecule has 0 N–H and O–H groups in total. The molecule has 1 fully saturated rings. The molecule has 23 heavy (non-hydrogen) atoms. The molecule has 8 heteroatoms. The van der Waals surface area contributed by atoms with E-state index in [9.17, 15) is 8.42 Å². The van der Waals surface area contributed by atoms with Gasteiger partial charge in [0.15, 0.2) is 0 Å². The second kappa shape index (κ2) is 6.94. The summed E-state index contributed by atoms with van der Waals surface area (Å²) in [6.45, 7) is 0.796. The van der Waals surface area contributed by atoms with Crippen LogP contribution in [0, 0.1) is 0 Å². The number of halogens is 1. The van der Waals surface area contributed by atoms with Gasteiger partial charge in [-0.15, -0.1) is 0 Å². The molecule has 3 rings (SSSR count). The lowest BCUT2D eigenvalue weighted by Gasteiger charge is -2.31. The van der Waals surface area contributed by atoms with E-state index in [1.54, 1.807) is 42.7 Å². The minimum Gasteiger partial charge on any atom is -0.459 e. The maximum absolute atomic E-state index is 12.7. The molecule has 1 aromatic carbocycles. The molecule has 0 radical (unpaired) electrons. The summed E-state index contributed by atoms with van der Waals surface area (Å²) in [6.07, 6.45) is 4.48. The van der Waals surface area contributed by atoms with Crippen LogP contribution < -0.4 is 4.74 Å². The normalized spacial score (nSPS) is 19.4. The first-order valence-corrected chi connectivity index (χ1v) is 9.48. The van der Waals surface area contributed by atoms with E-state index in [-0.39, 0.29) is 17.0 Å². The van der Waals surface area contributed by atoms with Crippen LogP contribution in [0.15, 0.2) is 52.1 Å². The lowest BCUT2D eigenvalue weighted by atomic mass is 10.1. The Morgan fingerprint density at radius 2 is 1.87 bits per heavy atom. The highest BCUT2D eigenvalue weighted by Gasteiger charge is 2.31. The van der Waals surface area contributed by atoms with Crippen molar-refractivity contribution in [1.82, 2.24) is 14.3 Å². The number of ether oxygens (including phenoxy) is 1. The van der Waals surface area contributed by atoms with Gasteiger partial charge >= 0.3 is 6.01 Å². The predicted molar refractivity (Wildman–Crippen MR) is 88.6 cm³/mol. The molecule has 1 atom stereocenters. The van der Waals surface area contributed by atoms with Crippen molar-refractivity contribution < 1.29 is 13.2 Å². The van der Waals surface area contributed by atoms with Gasteiger partial charge in [-0.2, -0.15) is 4.31 Å². The Morgan fingerprint density at radius 1 is 1.17 bits per heavy atom. The Bertz CT molecular complexity index is 753. The molecule has 2 heterocycles. The molecule has 1 aliphatic rings. The van der Waals surface area contributed by atoms with E-state index in [1.807, 2.05) is 0 Å². The van der Waals surface area contributed by atoms with Crippen molar-refractivity contribution in [2.45, 2.75) is 23.8 Å². The number of hydrogen-bond donors (Lipinski definition) is 0. The van der Waals surface area contributed by atoms with Gasteiger partial charge in [0.1, 0.15) is 6.10 Å². The molecule has 2 aromatic rings. The predicted octanol–water partition coefficient (Wildman–Crippen LogP) is 2.47. The zero-order valence-electron chi connectivity index (χ0n) is 12.3. The van der Waals surface area contributed by atoms with Crippen molar-refractivity contribution in [1.29, 1.82) is 0 Å². The first-order valence-electron chi connectivity index (χ1n) is 7.25. The third-order valence-corrected chi connectivity index (χ3v) is 6.01. The molecule has 1 saturated heterocycles. The number of hydrogen-bond acceptors (Lipinski definition) is 5. The van der Waals surface area contributed by atoms with E-state index in [0.717, 1.165) is 17.3 Å². The Balaban J connectivity index is 1.74. The fraction of sp³-hybridized carbons (Fsp3) is 0.333. The molecule has 0 spiro atoms. The Kier molecular flexibility index (Phi) is 4.93. The van der Waals surface area contributed by atoms with Crippen molar-refractivity contribution in [3.05, 3.63) is 47.2 Å². The zero-order valence-corrected chi connectivity index (χ0v) is 14.7. The van der Waals surface area contributed by atoms with Gasteiger partial charge < -0.3 is 4.74 Å². The van der Waals surface area contributed by atoms with Crippen LogP contribution in [0.5, 0.6) is 6.01 Å². The molecule has 0 amide bonds. The largest absolute Gasteiger partial charge is 0.459 e. The van der Waals surface area contributed by atoms with Crippen molar-refractivity contribution in [3.63, 3.8) is 0 Å². The first kappa shape index (κ1) is 16.4. The molecule has 1 aromatic heterocycles. The van der Waals surface area contributed by atoms with Gasteiger partial charge in [0.25, 0.3) is 0 Å². The summed E-state index contributed by atoms with van der Waals surface area (Å²) in [5, 5.41) is 0. The topological polar surface area (TPSA) is 72.4 Å². The molecule has 1 aliphatic heterocycles. The van der Waals surface area contributed by atoms with E-state index < -0.39 is 10.0 Å². The van der Waals surface area contributed by atoms with Crippen LogP contribution in [0.3, 0.4) is 0 Å². The minimum absolute atomic E-state index is 0.239. The third kappa shape index (κ3) is 3.88. The summed E-state index contributed by atoms with van der Waals surface area (Å²) >= 11 is 3.31. The van der Waals surface area contributed by atoms with Crippen molar-refractivity contribution in [2.75, 3.05) is 13.1 Å². The van der Waals surface area contributed by atoms with Crippen LogP contribution in [-0.4, -0.2) is 41.9 Å². The summed E-state index contributed by atoms with van der Waals surface area (Å²) < 4.78 is 33.5. The molecule has 122 valence electrons. The number of piperidine rings is 1. The van der Waals surface area contributed by atoms with E-state index in [0.29, 0.717) is 13.1 Å². The first-order chi connectivity index (χ1) is 11.1. The number of aromatic nitrogens is 2. The molecule has 0 aliphatic carbocycles. The summed E-state index contributed by atoms with van der Waals surface area (Å²) in [7, 11) is -3.51. The fourth-order valence-electron chi connectivity index (χ4n) is 2.47. The van der Waals surface area contributed by atoms with Gasteiger partial charge in [-0.25, -0.2) is 18.4 Å². The zero-order chi connectivity index (χ0) is 16.3. The Labute approximate surface area is 143 Å². The highest BCUT2D eigenvalue weighted by atomic mass is 79.9. The SMILES string of the molecule is O=S(=O)(c1ccc(Br)cc1)N1CCCC(Oc2ncccn2)C1. The van der Waals surface area contributed by atoms with Gasteiger partial charge in [0.05, 0.1) is 11.4 Å². The van der Waals surface area contributed by atoms with Gasteiger partial charge in [-0.05, 0) is 43.2 Å². The second-order valence-corrected chi connectivity index (χ2v) is 8.08. The lowest BCUT2D eigenvalue weighted by molar-refractivity contribution is 0.119. The van der Waals surface area contributed by atoms with Crippen molar-refractivity contribution in [3.8, 4) is 6.01 Å². The van der Waals surface area contributed by atoms with Gasteiger partial charge in [-0.1, -0.05) is 15.9 Å². The van der Waals surface area contributed by atoms with Crippen LogP contribution in [0.1, 0.15) is 12.8 Å². The molecule has 6 nitrogen and oxygen atoms in total. The summed E-state index contributed by atoms with van der Waals surface area (Å²) in [5.41, 5.74) is 0. The summed E-state index contributed by atoms with van der Waals surface area (Å²) in [6, 6.07) is 8.64. The van der Waals surface area contributed by atoms with E-state index in [1.165, 1.54) is 4.31 Å². The third-order valence-electron chi connectivity index (χ3n) is 3.61. The maximum atomic E-state index is 12.7. The van der Waals surface area contributed by atoms with Crippen LogP contribution >= 0.6 is 15.9 Å². The maximum Gasteiger partial charge on any atom is 0.316 e. The average molecular weight is 398 g/mol. The van der Waals surface area contributed by atoms with Crippen LogP contribution in [-0.2, 0) is 10.0 Å². The molecule has 1 unspecified atom stereocenters. The molecule has 0 saturated carbocycles. The van der Waals surface area contributed by atoms with E-state index >= 15 is 0 Å². The van der Waals surface area contributed by atoms with E-state index in [2.05, 4.69) is 25.9 Å². The van der Waals surface area contributed by atoms with Crippen molar-refractivity contribution in [2.24, 2.45) is 0 Å². The highest BCUT2D eigenvalue weighted by molar-refractivity contribution is 9.10. The number of rotatable bonds is 4.